The van der Waals surface area contributed by atoms with E-state index in [0.29, 0.717) is 24.2 Å². The third kappa shape index (κ3) is 3.77. The number of aryl methyl sites for hydroxylation is 1. The van der Waals surface area contributed by atoms with Gasteiger partial charge in [-0.25, -0.2) is 13.6 Å². The van der Waals surface area contributed by atoms with Crippen molar-refractivity contribution in [3.8, 4) is 0 Å². The summed E-state index contributed by atoms with van der Waals surface area (Å²) in [5, 5.41) is 5.09. The fourth-order valence-corrected chi connectivity index (χ4v) is 2.93. The molecule has 2 aromatic rings. The summed E-state index contributed by atoms with van der Waals surface area (Å²) in [7, 11) is 0. The van der Waals surface area contributed by atoms with E-state index < -0.39 is 17.9 Å². The first-order valence-electron chi connectivity index (χ1n) is 7.95. The molecule has 0 radical (unpaired) electrons. The lowest BCUT2D eigenvalue weighted by molar-refractivity contribution is -0.118. The van der Waals surface area contributed by atoms with Crippen LogP contribution in [0.25, 0.3) is 0 Å². The Kier molecular flexibility index (Phi) is 5.08. The van der Waals surface area contributed by atoms with Crippen LogP contribution in [0.4, 0.5) is 25.0 Å². The summed E-state index contributed by atoms with van der Waals surface area (Å²) >= 11 is 5.66. The van der Waals surface area contributed by atoms with Gasteiger partial charge in [0.2, 0.25) is 5.91 Å². The second kappa shape index (κ2) is 7.29. The van der Waals surface area contributed by atoms with Crippen LogP contribution in [0.5, 0.6) is 0 Å². The van der Waals surface area contributed by atoms with Crippen molar-refractivity contribution in [2.75, 3.05) is 16.8 Å². The molecule has 0 aromatic heterocycles. The van der Waals surface area contributed by atoms with Gasteiger partial charge in [-0.05, 0) is 55.3 Å². The Balaban J connectivity index is 1.64. The smallest absolute Gasteiger partial charge is 0.319 e. The monoisotopic (exact) mass is 379 g/mol. The molecule has 1 fully saturated rings. The molecule has 1 saturated heterocycles. The third-order valence-electron chi connectivity index (χ3n) is 4.14. The van der Waals surface area contributed by atoms with Crippen LogP contribution in [0.3, 0.4) is 0 Å². The van der Waals surface area contributed by atoms with E-state index in [1.54, 1.807) is 13.0 Å². The lowest BCUT2D eigenvalue weighted by Crippen LogP contribution is -2.43. The highest BCUT2D eigenvalue weighted by molar-refractivity contribution is 6.30. The quantitative estimate of drug-likeness (QED) is 0.850. The second-order valence-corrected chi connectivity index (χ2v) is 6.42. The number of carbonyl (C=O) groups excluding carboxylic acids is 2. The maximum absolute atomic E-state index is 13.7. The summed E-state index contributed by atoms with van der Waals surface area (Å²) in [6.07, 6.45) is 0.395. The number of anilines is 2. The average Bonchev–Trinajstić information content (AvgIpc) is 2.93. The summed E-state index contributed by atoms with van der Waals surface area (Å²) in [6, 6.07) is 6.83. The molecule has 5 nitrogen and oxygen atoms in total. The molecule has 26 heavy (non-hydrogen) atoms. The molecule has 3 amide bonds. The zero-order valence-electron chi connectivity index (χ0n) is 13.9. The average molecular weight is 380 g/mol. The zero-order valence-corrected chi connectivity index (χ0v) is 14.6. The lowest BCUT2D eigenvalue weighted by atomic mass is 10.2. The highest BCUT2D eigenvalue weighted by Crippen LogP contribution is 2.24. The number of hydrogen-bond acceptors (Lipinski definition) is 2. The lowest BCUT2D eigenvalue weighted by Gasteiger charge is -2.18. The van der Waals surface area contributed by atoms with Crippen LogP contribution >= 0.6 is 11.6 Å². The number of carbonyl (C=O) groups is 2. The van der Waals surface area contributed by atoms with Crippen molar-refractivity contribution in [2.24, 2.45) is 0 Å². The van der Waals surface area contributed by atoms with Gasteiger partial charge in [0.05, 0.1) is 5.69 Å². The first-order chi connectivity index (χ1) is 12.3. The van der Waals surface area contributed by atoms with Gasteiger partial charge in [0.1, 0.15) is 17.7 Å². The molecular formula is C18H16ClF2N3O2. The van der Waals surface area contributed by atoms with E-state index >= 15 is 0 Å². The summed E-state index contributed by atoms with van der Waals surface area (Å²) in [6.45, 7) is 2.01. The minimum atomic E-state index is -0.740. The van der Waals surface area contributed by atoms with Crippen molar-refractivity contribution in [3.63, 3.8) is 0 Å². The Morgan fingerprint density at radius 2 is 1.96 bits per heavy atom. The number of urea groups is 1. The van der Waals surface area contributed by atoms with Crippen LogP contribution in [0.15, 0.2) is 36.4 Å². The number of amides is 3. The zero-order chi connectivity index (χ0) is 18.8. The van der Waals surface area contributed by atoms with Gasteiger partial charge >= 0.3 is 6.03 Å². The Bertz CT molecular complexity index is 876. The minimum Gasteiger partial charge on any atom is -0.326 e. The molecule has 8 heteroatoms. The van der Waals surface area contributed by atoms with E-state index in [2.05, 4.69) is 10.6 Å². The fraction of sp³-hybridized carbons (Fsp3) is 0.222. The SMILES string of the molecule is Cc1cc(N2CC[C@@H](NC(=O)Nc3ccc(Cl)cc3F)C2=O)ccc1F. The topological polar surface area (TPSA) is 61.4 Å². The Morgan fingerprint density at radius 3 is 2.65 bits per heavy atom. The van der Waals surface area contributed by atoms with E-state index in [1.807, 2.05) is 0 Å². The second-order valence-electron chi connectivity index (χ2n) is 5.99. The van der Waals surface area contributed by atoms with Gasteiger partial charge in [-0.2, -0.15) is 0 Å². The minimum absolute atomic E-state index is 0.0386. The summed E-state index contributed by atoms with van der Waals surface area (Å²) in [5.74, 6) is -1.32. The van der Waals surface area contributed by atoms with Gasteiger partial charge < -0.3 is 15.5 Å². The Morgan fingerprint density at radius 1 is 1.19 bits per heavy atom. The molecule has 3 rings (SSSR count). The van der Waals surface area contributed by atoms with Crippen LogP contribution in [-0.2, 0) is 4.79 Å². The van der Waals surface area contributed by atoms with Crippen LogP contribution < -0.4 is 15.5 Å². The number of rotatable bonds is 3. The molecule has 0 spiro atoms. The van der Waals surface area contributed by atoms with Crippen molar-refractivity contribution < 1.29 is 18.4 Å². The third-order valence-corrected chi connectivity index (χ3v) is 4.38. The van der Waals surface area contributed by atoms with E-state index in [9.17, 15) is 18.4 Å². The first kappa shape index (κ1) is 18.1. The summed E-state index contributed by atoms with van der Waals surface area (Å²) in [4.78, 5) is 26.0. The molecule has 0 unspecified atom stereocenters. The molecule has 2 aromatic carbocycles. The van der Waals surface area contributed by atoms with Gasteiger partial charge in [-0.15, -0.1) is 0 Å². The maximum atomic E-state index is 13.7. The van der Waals surface area contributed by atoms with E-state index in [-0.39, 0.29) is 22.4 Å². The first-order valence-corrected chi connectivity index (χ1v) is 8.33. The molecule has 0 aliphatic carbocycles. The van der Waals surface area contributed by atoms with E-state index in [1.165, 1.54) is 29.2 Å². The summed E-state index contributed by atoms with van der Waals surface area (Å²) in [5.41, 5.74) is 0.966. The van der Waals surface area contributed by atoms with Crippen LogP contribution in [0, 0.1) is 18.6 Å². The normalized spacial score (nSPS) is 16.7. The van der Waals surface area contributed by atoms with Crippen molar-refractivity contribution in [3.05, 3.63) is 58.6 Å². The highest BCUT2D eigenvalue weighted by Gasteiger charge is 2.33. The van der Waals surface area contributed by atoms with Gasteiger partial charge in [0.15, 0.2) is 0 Å². The largest absolute Gasteiger partial charge is 0.326 e. The molecule has 136 valence electrons. The standard InChI is InChI=1S/C18H16ClF2N3O2/c1-10-8-12(3-4-13(10)20)24-7-6-16(17(24)25)23-18(26)22-15-5-2-11(19)9-14(15)21/h2-5,8-9,16H,6-7H2,1H3,(H2,22,23,26)/t16-/m1/s1. The number of hydrogen-bond donors (Lipinski definition) is 2. The van der Waals surface area contributed by atoms with Crippen molar-refractivity contribution >= 4 is 34.9 Å². The van der Waals surface area contributed by atoms with E-state index in [4.69, 9.17) is 11.6 Å². The fourth-order valence-electron chi connectivity index (χ4n) is 2.77. The molecular weight excluding hydrogens is 364 g/mol. The molecule has 1 atom stereocenters. The van der Waals surface area contributed by atoms with Crippen LogP contribution in [0.2, 0.25) is 5.02 Å². The van der Waals surface area contributed by atoms with E-state index in [0.717, 1.165) is 6.07 Å². The maximum Gasteiger partial charge on any atom is 0.319 e. The molecule has 0 bridgehead atoms. The predicted octanol–water partition coefficient (Wildman–Crippen LogP) is 3.85. The number of nitrogens with one attached hydrogen (secondary N) is 2. The van der Waals surface area contributed by atoms with Crippen LogP contribution in [-0.4, -0.2) is 24.5 Å². The number of benzene rings is 2. The van der Waals surface area contributed by atoms with Gasteiger partial charge in [-0.1, -0.05) is 11.6 Å². The molecule has 0 saturated carbocycles. The van der Waals surface area contributed by atoms with Crippen molar-refractivity contribution in [1.29, 1.82) is 0 Å². The van der Waals surface area contributed by atoms with Gasteiger partial charge in [0.25, 0.3) is 0 Å². The van der Waals surface area contributed by atoms with Gasteiger partial charge in [0, 0.05) is 17.3 Å². The summed E-state index contributed by atoms with van der Waals surface area (Å²) < 4.78 is 27.1. The van der Waals surface area contributed by atoms with Gasteiger partial charge in [-0.3, -0.25) is 4.79 Å². The molecule has 2 N–H and O–H groups in total. The molecule has 1 aliphatic rings. The number of nitrogens with zero attached hydrogens (tertiary/aromatic N) is 1. The molecule has 1 heterocycles. The number of halogens is 3. The van der Waals surface area contributed by atoms with Crippen molar-refractivity contribution in [1.82, 2.24) is 5.32 Å². The Hall–Kier alpha value is -2.67. The predicted molar refractivity (Wildman–Crippen MR) is 95.5 cm³/mol. The van der Waals surface area contributed by atoms with Crippen LogP contribution in [0.1, 0.15) is 12.0 Å². The van der Waals surface area contributed by atoms with Crippen molar-refractivity contribution in [2.45, 2.75) is 19.4 Å². The highest BCUT2D eigenvalue weighted by atomic mass is 35.5. The Labute approximate surface area is 153 Å². The molecule has 1 aliphatic heterocycles.